The Morgan fingerprint density at radius 2 is 2.12 bits per heavy atom. The fraction of sp³-hybridized carbons (Fsp3) is 0.286. The molecule has 1 aliphatic carbocycles. The largest absolute Gasteiger partial charge is 0.364 e. The molecule has 5 rings (SSSR count). The van der Waals surface area contributed by atoms with Crippen molar-refractivity contribution in [3.05, 3.63) is 53.1 Å². The van der Waals surface area contributed by atoms with Crippen LogP contribution in [0.25, 0.3) is 11.1 Å². The third kappa shape index (κ3) is 3.36. The van der Waals surface area contributed by atoms with Crippen LogP contribution in [-0.2, 0) is 9.47 Å². The molecule has 32 heavy (non-hydrogen) atoms. The number of halogens is 1. The third-order valence-corrected chi connectivity index (χ3v) is 5.91. The van der Waals surface area contributed by atoms with Crippen LogP contribution in [0.4, 0.5) is 11.4 Å². The molecule has 2 aromatic heterocycles. The third-order valence-electron chi connectivity index (χ3n) is 5.72. The van der Waals surface area contributed by atoms with E-state index in [1.54, 1.807) is 18.3 Å². The zero-order valence-corrected chi connectivity index (χ0v) is 17.5. The van der Waals surface area contributed by atoms with Crippen molar-refractivity contribution in [2.75, 3.05) is 18.5 Å². The molecule has 1 atom stereocenters. The number of hydrogen-bond donors (Lipinski definition) is 2. The summed E-state index contributed by atoms with van der Waals surface area (Å²) in [4.78, 5) is 11.7. The summed E-state index contributed by atoms with van der Waals surface area (Å²) in [6.45, 7) is 1.16. The molecule has 1 aliphatic heterocycles. The maximum absolute atomic E-state index is 11.7. The fourth-order valence-corrected chi connectivity index (χ4v) is 4.25. The van der Waals surface area contributed by atoms with E-state index >= 15 is 0 Å². The molecule has 1 saturated carbocycles. The number of aromatic nitrogens is 4. The minimum absolute atomic E-state index is 0.00578. The zero-order valence-electron chi connectivity index (χ0n) is 16.8. The zero-order chi connectivity index (χ0) is 22.3. The lowest BCUT2D eigenvalue weighted by atomic mass is 9.85. The second kappa shape index (κ2) is 7.87. The number of nitrogens with one attached hydrogen (secondary N) is 1. The molecule has 11 heteroatoms. The Bertz CT molecular complexity index is 1250. The number of benzene rings is 1. The highest BCUT2D eigenvalue weighted by molar-refractivity contribution is 6.29. The summed E-state index contributed by atoms with van der Waals surface area (Å²) in [5, 5.41) is 24.9. The lowest BCUT2D eigenvalue weighted by molar-refractivity contribution is -0.242. The average Bonchev–Trinajstić information content (AvgIpc) is 3.44. The van der Waals surface area contributed by atoms with Crippen LogP contribution in [0.15, 0.2) is 36.7 Å². The molecule has 1 unspecified atom stereocenters. The number of hydrogen-bond acceptors (Lipinski definition) is 8. The SMILES string of the molecule is N#Cc1c(Nc2cc(Cl)nnc2C(N)=O)cccc1-c1cnn(C2CCC23OCCO3)c1. The normalized spacial score (nSPS) is 18.8. The summed E-state index contributed by atoms with van der Waals surface area (Å²) in [6, 6.07) is 8.99. The van der Waals surface area contributed by atoms with Gasteiger partial charge in [0, 0.05) is 29.8 Å². The molecule has 3 aromatic rings. The van der Waals surface area contributed by atoms with Gasteiger partial charge in [0.15, 0.2) is 16.6 Å². The van der Waals surface area contributed by atoms with E-state index < -0.39 is 11.7 Å². The van der Waals surface area contributed by atoms with Crippen LogP contribution in [0.2, 0.25) is 5.15 Å². The highest BCUT2D eigenvalue weighted by atomic mass is 35.5. The first-order valence-corrected chi connectivity index (χ1v) is 10.3. The molecule has 1 amide bonds. The molecule has 162 valence electrons. The second-order valence-electron chi connectivity index (χ2n) is 7.53. The second-order valence-corrected chi connectivity index (χ2v) is 7.92. The van der Waals surface area contributed by atoms with Crippen molar-refractivity contribution in [2.24, 2.45) is 5.73 Å². The van der Waals surface area contributed by atoms with Crippen molar-refractivity contribution in [3.8, 4) is 17.2 Å². The van der Waals surface area contributed by atoms with E-state index in [0.29, 0.717) is 30.0 Å². The van der Waals surface area contributed by atoms with Gasteiger partial charge >= 0.3 is 0 Å². The highest BCUT2D eigenvalue weighted by Gasteiger charge is 2.53. The van der Waals surface area contributed by atoms with Gasteiger partial charge in [-0.25, -0.2) is 0 Å². The summed E-state index contributed by atoms with van der Waals surface area (Å²) in [7, 11) is 0. The van der Waals surface area contributed by atoms with Crippen LogP contribution >= 0.6 is 11.6 Å². The number of nitriles is 1. The number of rotatable bonds is 5. The van der Waals surface area contributed by atoms with E-state index in [4.69, 9.17) is 26.8 Å². The molecule has 1 aromatic carbocycles. The molecular weight excluding hydrogens is 434 g/mol. The number of primary amides is 1. The van der Waals surface area contributed by atoms with Crippen LogP contribution in [0, 0.1) is 11.3 Å². The Kier molecular flexibility index (Phi) is 5.01. The van der Waals surface area contributed by atoms with Crippen LogP contribution < -0.4 is 11.1 Å². The monoisotopic (exact) mass is 451 g/mol. The molecule has 1 spiro atoms. The maximum atomic E-state index is 11.7. The molecule has 3 heterocycles. The first kappa shape index (κ1) is 20.4. The molecule has 1 saturated heterocycles. The quantitative estimate of drug-likeness (QED) is 0.603. The van der Waals surface area contributed by atoms with E-state index in [1.165, 1.54) is 6.07 Å². The van der Waals surface area contributed by atoms with E-state index in [1.807, 2.05) is 16.9 Å². The Morgan fingerprint density at radius 1 is 1.31 bits per heavy atom. The Hall–Kier alpha value is -3.52. The van der Waals surface area contributed by atoms with Gasteiger partial charge in [-0.05, 0) is 12.5 Å². The average molecular weight is 452 g/mol. The minimum atomic E-state index is -0.765. The van der Waals surface area contributed by atoms with Crippen molar-refractivity contribution >= 4 is 28.9 Å². The van der Waals surface area contributed by atoms with Gasteiger partial charge in [0.1, 0.15) is 12.1 Å². The van der Waals surface area contributed by atoms with Crippen LogP contribution in [0.1, 0.15) is 34.9 Å². The van der Waals surface area contributed by atoms with E-state index in [-0.39, 0.29) is 22.6 Å². The first-order chi connectivity index (χ1) is 15.5. The number of amides is 1. The number of carbonyl (C=O) groups excluding carboxylic acids is 1. The lowest BCUT2D eigenvalue weighted by Crippen LogP contribution is -2.49. The molecular formula is C21H18ClN7O3. The van der Waals surface area contributed by atoms with Crippen LogP contribution in [0.3, 0.4) is 0 Å². The van der Waals surface area contributed by atoms with Crippen molar-refractivity contribution in [1.82, 2.24) is 20.0 Å². The molecule has 2 fully saturated rings. The highest BCUT2D eigenvalue weighted by Crippen LogP contribution is 2.48. The number of anilines is 2. The molecule has 0 radical (unpaired) electrons. The Balaban J connectivity index is 1.48. The maximum Gasteiger partial charge on any atom is 0.271 e. The van der Waals surface area contributed by atoms with Crippen LogP contribution in [-0.4, -0.2) is 44.9 Å². The minimum Gasteiger partial charge on any atom is -0.364 e. The smallest absolute Gasteiger partial charge is 0.271 e. The van der Waals surface area contributed by atoms with Crippen molar-refractivity contribution in [3.63, 3.8) is 0 Å². The summed E-state index contributed by atoms with van der Waals surface area (Å²) in [6.07, 6.45) is 5.33. The number of ether oxygens (including phenoxy) is 2. The van der Waals surface area contributed by atoms with Crippen LogP contribution in [0.5, 0.6) is 0 Å². The standard InChI is InChI=1S/C21H18ClN7O3/c22-18-8-16(19(20(24)30)28-27-18)26-15-3-1-2-13(14(15)9-23)12-10-25-29(11-12)17-4-5-21(17)31-6-7-32-21/h1-3,8,10-11,17H,4-7H2,(H2,24,30)(H,26,27). The molecule has 3 N–H and O–H groups in total. The van der Waals surface area contributed by atoms with E-state index in [9.17, 15) is 10.1 Å². The predicted octanol–water partition coefficient (Wildman–Crippen LogP) is 2.79. The topological polar surface area (TPSA) is 141 Å². The van der Waals surface area contributed by atoms with E-state index in [0.717, 1.165) is 18.4 Å². The molecule has 2 aliphatic rings. The summed E-state index contributed by atoms with van der Waals surface area (Å²) >= 11 is 5.93. The fourth-order valence-electron chi connectivity index (χ4n) is 4.11. The molecule has 0 bridgehead atoms. The van der Waals surface area contributed by atoms with Gasteiger partial charge in [-0.2, -0.15) is 10.4 Å². The van der Waals surface area contributed by atoms with Gasteiger partial charge in [-0.3, -0.25) is 9.48 Å². The number of nitrogens with two attached hydrogens (primary N) is 1. The Labute approximate surface area is 187 Å². The van der Waals surface area contributed by atoms with Gasteiger partial charge in [0.2, 0.25) is 0 Å². The van der Waals surface area contributed by atoms with Gasteiger partial charge in [-0.1, -0.05) is 23.7 Å². The van der Waals surface area contributed by atoms with Gasteiger partial charge in [0.05, 0.1) is 36.3 Å². The first-order valence-electron chi connectivity index (χ1n) is 9.96. The van der Waals surface area contributed by atoms with Gasteiger partial charge in [-0.15, -0.1) is 10.2 Å². The van der Waals surface area contributed by atoms with Crippen molar-refractivity contribution in [2.45, 2.75) is 24.7 Å². The van der Waals surface area contributed by atoms with Gasteiger partial charge < -0.3 is 20.5 Å². The number of carbonyl (C=O) groups is 1. The van der Waals surface area contributed by atoms with E-state index in [2.05, 4.69) is 26.7 Å². The summed E-state index contributed by atoms with van der Waals surface area (Å²) < 4.78 is 13.5. The van der Waals surface area contributed by atoms with Crippen molar-refractivity contribution in [1.29, 1.82) is 5.26 Å². The Morgan fingerprint density at radius 3 is 2.81 bits per heavy atom. The summed E-state index contributed by atoms with van der Waals surface area (Å²) in [5.74, 6) is -1.36. The van der Waals surface area contributed by atoms with Crippen molar-refractivity contribution < 1.29 is 14.3 Å². The summed E-state index contributed by atoms with van der Waals surface area (Å²) in [5.41, 5.74) is 7.85. The predicted molar refractivity (Wildman–Crippen MR) is 114 cm³/mol. The molecule has 10 nitrogen and oxygen atoms in total. The number of nitrogens with zero attached hydrogens (tertiary/aromatic N) is 5. The van der Waals surface area contributed by atoms with Gasteiger partial charge in [0.25, 0.3) is 5.91 Å². The lowest BCUT2D eigenvalue weighted by Gasteiger charge is -2.44.